The largest absolute Gasteiger partial charge is 0.473 e. The molecule has 1 aliphatic heterocycles. The van der Waals surface area contributed by atoms with Gasteiger partial charge in [-0.15, -0.1) is 0 Å². The van der Waals surface area contributed by atoms with E-state index in [1.807, 2.05) is 0 Å². The van der Waals surface area contributed by atoms with Crippen LogP contribution in [0.5, 0.6) is 5.75 Å². The maximum Gasteiger partial charge on any atom is 0.178 e. The maximum atomic E-state index is 7.40. The van der Waals surface area contributed by atoms with Gasteiger partial charge in [-0.2, -0.15) is 0 Å². The molecule has 2 aliphatic rings. The second-order valence-electron chi connectivity index (χ2n) is 11.1. The normalized spacial score (nSPS) is 17.5. The van der Waals surface area contributed by atoms with Crippen LogP contribution in [0.15, 0.2) is 91.0 Å². The molecule has 1 heterocycles. The highest BCUT2D eigenvalue weighted by atomic mass is 16.5. The van der Waals surface area contributed by atoms with E-state index < -0.39 is 5.60 Å². The number of benzene rings is 5. The van der Waals surface area contributed by atoms with Crippen LogP contribution >= 0.6 is 0 Å². The van der Waals surface area contributed by atoms with Gasteiger partial charge >= 0.3 is 0 Å². The molecule has 1 aliphatic carbocycles. The summed E-state index contributed by atoms with van der Waals surface area (Å²) < 4.78 is 7.40. The first kappa shape index (κ1) is 23.0. The Balaban J connectivity index is 1.55. The van der Waals surface area contributed by atoms with Gasteiger partial charge in [0.1, 0.15) is 5.75 Å². The molecule has 1 unspecified atom stereocenters. The zero-order chi connectivity index (χ0) is 26.0. The summed E-state index contributed by atoms with van der Waals surface area (Å²) in [5, 5.41) is 2.59. The quantitative estimate of drug-likeness (QED) is 0.239. The van der Waals surface area contributed by atoms with Crippen LogP contribution in [0.1, 0.15) is 50.1 Å². The van der Waals surface area contributed by atoms with Gasteiger partial charge in [0, 0.05) is 22.3 Å². The molecule has 0 bridgehead atoms. The second-order valence-corrected chi connectivity index (χ2v) is 11.1. The summed E-state index contributed by atoms with van der Waals surface area (Å²) in [6, 6.07) is 31.4. The standard InChI is InChI=1S/C37H32O/c1-23-9-14-28(15-10-23)37(29-16-12-25(3)26(4)22-29)20-19-32-34-21-24(2)11-17-31(34)35-30-8-6-5-7-27(30)13-18-33(35)36(32)38-37/h5-12,14-17,19-22H,13,18H2,1-4H3. The predicted octanol–water partition coefficient (Wildman–Crippen LogP) is 9.19. The molecule has 0 aromatic heterocycles. The maximum absolute atomic E-state index is 7.40. The van der Waals surface area contributed by atoms with Crippen molar-refractivity contribution in [2.45, 2.75) is 46.1 Å². The molecule has 0 saturated carbocycles. The van der Waals surface area contributed by atoms with Gasteiger partial charge in [-0.1, -0.05) is 96.1 Å². The van der Waals surface area contributed by atoms with E-state index in [1.165, 1.54) is 66.4 Å². The first-order chi connectivity index (χ1) is 18.4. The van der Waals surface area contributed by atoms with Crippen LogP contribution in [0.4, 0.5) is 0 Å². The predicted molar refractivity (Wildman–Crippen MR) is 159 cm³/mol. The molecule has 1 heteroatoms. The molecule has 0 amide bonds. The number of rotatable bonds is 2. The van der Waals surface area contributed by atoms with Crippen LogP contribution in [-0.4, -0.2) is 0 Å². The molecular weight excluding hydrogens is 460 g/mol. The smallest absolute Gasteiger partial charge is 0.178 e. The fourth-order valence-corrected chi connectivity index (χ4v) is 6.38. The average Bonchev–Trinajstić information content (AvgIpc) is 2.94. The van der Waals surface area contributed by atoms with Gasteiger partial charge in [0.15, 0.2) is 5.60 Å². The van der Waals surface area contributed by atoms with Crippen LogP contribution in [0.3, 0.4) is 0 Å². The van der Waals surface area contributed by atoms with Gasteiger partial charge < -0.3 is 4.74 Å². The number of hydrogen-bond donors (Lipinski definition) is 0. The van der Waals surface area contributed by atoms with Gasteiger partial charge in [0.2, 0.25) is 0 Å². The van der Waals surface area contributed by atoms with E-state index in [0.717, 1.165) is 24.2 Å². The SMILES string of the molecule is Cc1ccc(C2(c3ccc(C)c(C)c3)C=Cc3c(c4c(c5ccc(C)cc35)-c3ccccc3CC4)O2)cc1. The van der Waals surface area contributed by atoms with Gasteiger partial charge in [0.25, 0.3) is 0 Å². The van der Waals surface area contributed by atoms with Crippen LogP contribution < -0.4 is 4.74 Å². The minimum absolute atomic E-state index is 0.693. The van der Waals surface area contributed by atoms with E-state index in [4.69, 9.17) is 4.74 Å². The van der Waals surface area contributed by atoms with Crippen LogP contribution in [-0.2, 0) is 18.4 Å². The van der Waals surface area contributed by atoms with E-state index in [-0.39, 0.29) is 0 Å². The van der Waals surface area contributed by atoms with Crippen molar-refractivity contribution in [3.63, 3.8) is 0 Å². The molecule has 1 nitrogen and oxygen atoms in total. The zero-order valence-electron chi connectivity index (χ0n) is 22.6. The Bertz CT molecular complexity index is 1770. The Morgan fingerprint density at radius 1 is 0.658 bits per heavy atom. The Hall–Kier alpha value is -4.10. The third-order valence-corrected chi connectivity index (χ3v) is 8.65. The highest BCUT2D eigenvalue weighted by Crippen LogP contribution is 2.51. The third-order valence-electron chi connectivity index (χ3n) is 8.65. The van der Waals surface area contributed by atoms with Crippen LogP contribution in [0.2, 0.25) is 0 Å². The number of aryl methyl sites for hydroxylation is 5. The molecule has 5 aromatic carbocycles. The summed E-state index contributed by atoms with van der Waals surface area (Å²) >= 11 is 0. The average molecular weight is 493 g/mol. The van der Waals surface area contributed by atoms with E-state index >= 15 is 0 Å². The fraction of sp³-hybridized carbons (Fsp3) is 0.189. The van der Waals surface area contributed by atoms with Crippen molar-refractivity contribution in [2.75, 3.05) is 0 Å². The molecule has 0 spiro atoms. The molecule has 7 rings (SSSR count). The van der Waals surface area contributed by atoms with Crippen LogP contribution in [0, 0.1) is 27.7 Å². The Morgan fingerprint density at radius 2 is 1.42 bits per heavy atom. The monoisotopic (exact) mass is 492 g/mol. The van der Waals surface area contributed by atoms with Crippen molar-refractivity contribution in [3.05, 3.63) is 141 Å². The van der Waals surface area contributed by atoms with Crippen LogP contribution in [0.25, 0.3) is 28.0 Å². The first-order valence-corrected chi connectivity index (χ1v) is 13.7. The van der Waals surface area contributed by atoms with Gasteiger partial charge in [-0.25, -0.2) is 0 Å². The van der Waals surface area contributed by atoms with Gasteiger partial charge in [0.05, 0.1) is 0 Å². The molecule has 0 fully saturated rings. The number of hydrogen-bond acceptors (Lipinski definition) is 1. The number of ether oxygens (including phenoxy) is 1. The minimum Gasteiger partial charge on any atom is -0.473 e. The van der Waals surface area contributed by atoms with Crippen molar-refractivity contribution in [2.24, 2.45) is 0 Å². The molecule has 5 aromatic rings. The van der Waals surface area contributed by atoms with Crippen molar-refractivity contribution < 1.29 is 4.74 Å². The highest BCUT2D eigenvalue weighted by Gasteiger charge is 2.39. The summed E-state index contributed by atoms with van der Waals surface area (Å²) in [7, 11) is 0. The lowest BCUT2D eigenvalue weighted by atomic mass is 9.77. The molecule has 0 radical (unpaired) electrons. The first-order valence-electron chi connectivity index (χ1n) is 13.7. The van der Waals surface area contributed by atoms with E-state index in [1.54, 1.807) is 0 Å². The lowest BCUT2D eigenvalue weighted by Gasteiger charge is -2.39. The van der Waals surface area contributed by atoms with E-state index in [9.17, 15) is 0 Å². The third kappa shape index (κ3) is 3.38. The second kappa shape index (κ2) is 8.46. The fourth-order valence-electron chi connectivity index (χ4n) is 6.38. The summed E-state index contributed by atoms with van der Waals surface area (Å²) in [5.74, 6) is 1.04. The topological polar surface area (TPSA) is 9.23 Å². The van der Waals surface area contributed by atoms with Gasteiger partial charge in [-0.3, -0.25) is 0 Å². The van der Waals surface area contributed by atoms with Crippen molar-refractivity contribution in [1.82, 2.24) is 0 Å². The van der Waals surface area contributed by atoms with E-state index in [0.29, 0.717) is 0 Å². The molecule has 186 valence electrons. The lowest BCUT2D eigenvalue weighted by Crippen LogP contribution is -2.35. The Morgan fingerprint density at radius 3 is 2.24 bits per heavy atom. The lowest BCUT2D eigenvalue weighted by molar-refractivity contribution is 0.159. The van der Waals surface area contributed by atoms with E-state index in [2.05, 4.69) is 125 Å². The number of fused-ring (bicyclic) bond motifs is 8. The summed E-state index contributed by atoms with van der Waals surface area (Å²) in [6.07, 6.45) is 6.62. The van der Waals surface area contributed by atoms with Crippen molar-refractivity contribution in [1.29, 1.82) is 0 Å². The Labute approximate surface area is 225 Å². The molecule has 0 saturated heterocycles. The summed E-state index contributed by atoms with van der Waals surface area (Å²) in [4.78, 5) is 0. The zero-order valence-corrected chi connectivity index (χ0v) is 22.6. The molecule has 0 N–H and O–H groups in total. The molecule has 38 heavy (non-hydrogen) atoms. The summed E-state index contributed by atoms with van der Waals surface area (Å²) in [6.45, 7) is 8.68. The molecule has 1 atom stereocenters. The highest BCUT2D eigenvalue weighted by molar-refractivity contribution is 6.06. The Kier molecular flexibility index (Phi) is 5.13. The molecular formula is C37H32O. The van der Waals surface area contributed by atoms with Crippen molar-refractivity contribution in [3.8, 4) is 16.9 Å². The minimum atomic E-state index is -0.693. The van der Waals surface area contributed by atoms with Crippen molar-refractivity contribution >= 4 is 16.8 Å². The summed E-state index contributed by atoms with van der Waals surface area (Å²) in [5.41, 5.74) is 13.4. The van der Waals surface area contributed by atoms with Gasteiger partial charge in [-0.05, 0) is 91.3 Å².